The lowest BCUT2D eigenvalue weighted by atomic mass is 9.77. The topological polar surface area (TPSA) is 97.9 Å². The molecular formula is C31H37N3O5S. The number of rotatable bonds is 8. The van der Waals surface area contributed by atoms with Gasteiger partial charge >= 0.3 is 5.97 Å². The molecule has 40 heavy (non-hydrogen) atoms. The molecule has 3 saturated carbocycles. The maximum Gasteiger partial charge on any atom is 0.335 e. The Labute approximate surface area is 238 Å². The van der Waals surface area contributed by atoms with Gasteiger partial charge in [-0.1, -0.05) is 16.5 Å². The average Bonchev–Trinajstić information content (AvgIpc) is 3.83. The van der Waals surface area contributed by atoms with Gasteiger partial charge in [0.05, 0.1) is 35.8 Å². The van der Waals surface area contributed by atoms with Crippen molar-refractivity contribution in [3.8, 4) is 5.75 Å². The number of methoxy groups -OCH3 is 1. The van der Waals surface area contributed by atoms with Crippen molar-refractivity contribution in [3.63, 3.8) is 0 Å². The fourth-order valence-corrected chi connectivity index (χ4v) is 8.97. The second kappa shape index (κ2) is 9.44. The summed E-state index contributed by atoms with van der Waals surface area (Å²) in [6, 6.07) is 4.04. The Bertz CT molecular complexity index is 1430. The van der Waals surface area contributed by atoms with Crippen LogP contribution >= 0.6 is 11.3 Å². The Balaban J connectivity index is 0.982. The molecule has 9 heteroatoms. The van der Waals surface area contributed by atoms with Crippen molar-refractivity contribution in [2.75, 3.05) is 12.0 Å². The zero-order chi connectivity index (χ0) is 27.0. The summed E-state index contributed by atoms with van der Waals surface area (Å²) >= 11 is 1.57. The molecule has 1 spiro atoms. The van der Waals surface area contributed by atoms with Crippen LogP contribution in [0, 0.1) is 5.41 Å². The van der Waals surface area contributed by atoms with Gasteiger partial charge < -0.3 is 24.0 Å². The van der Waals surface area contributed by atoms with E-state index in [1.807, 2.05) is 0 Å². The highest BCUT2D eigenvalue weighted by Gasteiger charge is 2.47. The van der Waals surface area contributed by atoms with Gasteiger partial charge in [0.25, 0.3) is 0 Å². The molecule has 5 fully saturated rings. The van der Waals surface area contributed by atoms with Gasteiger partial charge in [0.2, 0.25) is 0 Å². The molecule has 3 aliphatic carbocycles. The number of hydrogen-bond donors (Lipinski definition) is 1. The van der Waals surface area contributed by atoms with Crippen molar-refractivity contribution in [2.24, 2.45) is 5.41 Å². The number of ether oxygens (including phenoxy) is 2. The number of aromatic carboxylic acids is 1. The lowest BCUT2D eigenvalue weighted by molar-refractivity contribution is 0.0140. The fourth-order valence-electron chi connectivity index (χ4n) is 7.80. The molecule has 2 aromatic heterocycles. The third-order valence-electron chi connectivity index (χ3n) is 10.5. The molecule has 1 aromatic carbocycles. The lowest BCUT2D eigenvalue weighted by Crippen LogP contribution is -2.45. The summed E-state index contributed by atoms with van der Waals surface area (Å²) in [7, 11) is 1.57. The highest BCUT2D eigenvalue weighted by molar-refractivity contribution is 7.22. The lowest BCUT2D eigenvalue weighted by Gasteiger charge is -2.38. The van der Waals surface area contributed by atoms with Gasteiger partial charge in [0.15, 0.2) is 5.13 Å². The number of carboxylic acids is 1. The predicted octanol–water partition coefficient (Wildman–Crippen LogP) is 7.02. The van der Waals surface area contributed by atoms with Gasteiger partial charge in [-0.2, -0.15) is 0 Å². The number of nitrogens with zero attached hydrogens (tertiary/aromatic N) is 3. The summed E-state index contributed by atoms with van der Waals surface area (Å²) in [5.41, 5.74) is 4.11. The molecular weight excluding hydrogens is 526 g/mol. The minimum absolute atomic E-state index is 0.215. The number of carbonyl (C=O) groups is 1. The van der Waals surface area contributed by atoms with Crippen LogP contribution in [0.15, 0.2) is 16.7 Å². The van der Waals surface area contributed by atoms with Crippen LogP contribution in [0.2, 0.25) is 0 Å². The number of carboxylic acid groups (broad SMARTS) is 1. The Morgan fingerprint density at radius 2 is 1.82 bits per heavy atom. The first kappa shape index (κ1) is 25.1. The highest BCUT2D eigenvalue weighted by atomic mass is 32.1. The van der Waals surface area contributed by atoms with E-state index in [0.717, 1.165) is 46.8 Å². The van der Waals surface area contributed by atoms with Crippen molar-refractivity contribution in [3.05, 3.63) is 34.7 Å². The summed E-state index contributed by atoms with van der Waals surface area (Å²) in [5, 5.41) is 15.1. The SMILES string of the molecule is COc1cc(C(=O)O)cc2sc(N3[C@@H]4CC[C@H]3C[C@@H](OCc3c(C5CCC6(CC5)CC6)noc3C3CC3)C4)nc12. The molecule has 5 aliphatic rings. The minimum atomic E-state index is -0.954. The summed E-state index contributed by atoms with van der Waals surface area (Å²) in [4.78, 5) is 19.0. The molecule has 4 heterocycles. The van der Waals surface area contributed by atoms with Gasteiger partial charge in [-0.05, 0) is 94.6 Å². The quantitative estimate of drug-likeness (QED) is 0.312. The molecule has 2 bridgehead atoms. The largest absolute Gasteiger partial charge is 0.494 e. The molecule has 8 rings (SSSR count). The fraction of sp³-hybridized carbons (Fsp3) is 0.645. The van der Waals surface area contributed by atoms with E-state index < -0.39 is 5.97 Å². The molecule has 3 aromatic rings. The second-order valence-corrected chi connectivity index (χ2v) is 14.0. The monoisotopic (exact) mass is 563 g/mol. The average molecular weight is 564 g/mol. The normalized spacial score (nSPS) is 27.5. The van der Waals surface area contributed by atoms with E-state index in [9.17, 15) is 9.90 Å². The zero-order valence-electron chi connectivity index (χ0n) is 23.1. The van der Waals surface area contributed by atoms with Gasteiger partial charge in [-0.15, -0.1) is 0 Å². The van der Waals surface area contributed by atoms with Crippen LogP contribution in [0.3, 0.4) is 0 Å². The number of fused-ring (bicyclic) bond motifs is 3. The van der Waals surface area contributed by atoms with Crippen molar-refractivity contribution < 1.29 is 23.9 Å². The molecule has 0 radical (unpaired) electrons. The number of hydrogen-bond acceptors (Lipinski definition) is 8. The van der Waals surface area contributed by atoms with Crippen LogP contribution < -0.4 is 9.64 Å². The van der Waals surface area contributed by atoms with E-state index in [1.165, 1.54) is 62.6 Å². The number of benzene rings is 1. The summed E-state index contributed by atoms with van der Waals surface area (Å²) in [6.07, 6.45) is 14.9. The molecule has 3 atom stereocenters. The van der Waals surface area contributed by atoms with E-state index in [-0.39, 0.29) is 11.7 Å². The summed E-state index contributed by atoms with van der Waals surface area (Å²) in [6.45, 7) is 0.618. The number of anilines is 1. The summed E-state index contributed by atoms with van der Waals surface area (Å²) < 4.78 is 19.0. The zero-order valence-corrected chi connectivity index (χ0v) is 23.9. The van der Waals surface area contributed by atoms with E-state index >= 15 is 0 Å². The first-order valence-electron chi connectivity index (χ1n) is 15.1. The Morgan fingerprint density at radius 1 is 1.07 bits per heavy atom. The highest BCUT2D eigenvalue weighted by Crippen LogP contribution is 2.59. The van der Waals surface area contributed by atoms with Gasteiger partial charge in [0, 0.05) is 29.5 Å². The van der Waals surface area contributed by atoms with Gasteiger partial charge in [0.1, 0.15) is 17.0 Å². The third-order valence-corrected chi connectivity index (χ3v) is 11.5. The van der Waals surface area contributed by atoms with Crippen LogP contribution in [-0.4, -0.2) is 46.5 Å². The van der Waals surface area contributed by atoms with Gasteiger partial charge in [-0.25, -0.2) is 9.78 Å². The maximum absolute atomic E-state index is 11.6. The van der Waals surface area contributed by atoms with Crippen molar-refractivity contribution in [1.29, 1.82) is 0 Å². The molecule has 0 unspecified atom stereocenters. The second-order valence-electron chi connectivity index (χ2n) is 13.0. The van der Waals surface area contributed by atoms with E-state index in [2.05, 4.69) is 10.1 Å². The number of piperidine rings is 1. The first-order valence-corrected chi connectivity index (χ1v) is 15.9. The van der Waals surface area contributed by atoms with Crippen LogP contribution in [0.1, 0.15) is 116 Å². The Morgan fingerprint density at radius 3 is 2.48 bits per heavy atom. The molecule has 2 aliphatic heterocycles. The van der Waals surface area contributed by atoms with E-state index in [0.29, 0.717) is 41.7 Å². The Hall–Kier alpha value is -2.65. The van der Waals surface area contributed by atoms with E-state index in [4.69, 9.17) is 19.0 Å². The van der Waals surface area contributed by atoms with Gasteiger partial charge in [-0.3, -0.25) is 0 Å². The van der Waals surface area contributed by atoms with Crippen LogP contribution in [0.5, 0.6) is 5.75 Å². The Kier molecular flexibility index (Phi) is 5.92. The third kappa shape index (κ3) is 4.31. The molecule has 2 saturated heterocycles. The van der Waals surface area contributed by atoms with Crippen LogP contribution in [0.4, 0.5) is 5.13 Å². The minimum Gasteiger partial charge on any atom is -0.494 e. The number of aromatic nitrogens is 2. The molecule has 1 N–H and O–H groups in total. The molecule has 8 nitrogen and oxygen atoms in total. The number of thiazole rings is 1. The predicted molar refractivity (Wildman–Crippen MR) is 152 cm³/mol. The van der Waals surface area contributed by atoms with Crippen molar-refractivity contribution >= 4 is 32.7 Å². The molecule has 212 valence electrons. The van der Waals surface area contributed by atoms with Crippen LogP contribution in [-0.2, 0) is 11.3 Å². The molecule has 0 amide bonds. The van der Waals surface area contributed by atoms with E-state index in [1.54, 1.807) is 30.6 Å². The van der Waals surface area contributed by atoms with Crippen molar-refractivity contribution in [2.45, 2.75) is 114 Å². The maximum atomic E-state index is 11.6. The first-order chi connectivity index (χ1) is 19.5. The van der Waals surface area contributed by atoms with Crippen molar-refractivity contribution in [1.82, 2.24) is 10.1 Å². The standard InChI is InChI=1S/C31H37N3O5S/c1-37-24-12-19(29(35)36)13-25-27(24)32-30(40-25)34-20-4-5-21(34)15-22(14-20)38-16-23-26(33-39-28(23)18-2-3-18)17-6-8-31(9-7-17)10-11-31/h12-13,17-18,20-22H,2-11,14-16H2,1H3,(H,35,36)/t20-,21+,22+. The summed E-state index contributed by atoms with van der Waals surface area (Å²) in [5.74, 6) is 1.73. The van der Waals surface area contributed by atoms with Crippen LogP contribution in [0.25, 0.3) is 10.2 Å². The smallest absolute Gasteiger partial charge is 0.335 e.